The summed E-state index contributed by atoms with van der Waals surface area (Å²) in [7, 11) is 1.67. The molecule has 0 unspecified atom stereocenters. The van der Waals surface area contributed by atoms with Gasteiger partial charge in [-0.2, -0.15) is 0 Å². The summed E-state index contributed by atoms with van der Waals surface area (Å²) in [4.78, 5) is 0. The largest absolute Gasteiger partial charge is 0.573 e. The van der Waals surface area contributed by atoms with Gasteiger partial charge in [-0.15, -0.1) is 13.2 Å². The molecule has 0 bridgehead atoms. The Bertz CT molecular complexity index is 360. The molecular formula is C10H10F3NO. The standard InChI is InChI=1S/C10H10F3NO/c1-3-7-6-8(15-10(11,12)13)4-5-9(7)14-2/h3-6,14H,1H2,2H3. The summed E-state index contributed by atoms with van der Waals surface area (Å²) in [6.07, 6.45) is -3.21. The van der Waals surface area contributed by atoms with Gasteiger partial charge < -0.3 is 10.1 Å². The minimum absolute atomic E-state index is 0.253. The lowest BCUT2D eigenvalue weighted by atomic mass is 10.1. The molecule has 1 rings (SSSR count). The van der Waals surface area contributed by atoms with Crippen LogP contribution < -0.4 is 10.1 Å². The number of hydrogen-bond acceptors (Lipinski definition) is 2. The second kappa shape index (κ2) is 4.25. The minimum atomic E-state index is -4.67. The molecule has 1 aromatic rings. The van der Waals surface area contributed by atoms with E-state index >= 15 is 0 Å². The lowest BCUT2D eigenvalue weighted by molar-refractivity contribution is -0.274. The average Bonchev–Trinajstić information content (AvgIpc) is 2.15. The molecule has 0 radical (unpaired) electrons. The van der Waals surface area contributed by atoms with Gasteiger partial charge >= 0.3 is 6.36 Å². The summed E-state index contributed by atoms with van der Waals surface area (Å²) in [5.41, 5.74) is 1.25. The van der Waals surface area contributed by atoms with Crippen LogP contribution in [-0.4, -0.2) is 13.4 Å². The minimum Gasteiger partial charge on any atom is -0.406 e. The highest BCUT2D eigenvalue weighted by Crippen LogP contribution is 2.27. The second-order valence-corrected chi connectivity index (χ2v) is 2.75. The smallest absolute Gasteiger partial charge is 0.406 e. The van der Waals surface area contributed by atoms with Crippen molar-refractivity contribution >= 4 is 11.8 Å². The third-order valence-electron chi connectivity index (χ3n) is 1.75. The van der Waals surface area contributed by atoms with Gasteiger partial charge in [-0.25, -0.2) is 0 Å². The monoisotopic (exact) mass is 217 g/mol. The first-order valence-electron chi connectivity index (χ1n) is 4.16. The van der Waals surface area contributed by atoms with Crippen molar-refractivity contribution < 1.29 is 17.9 Å². The van der Waals surface area contributed by atoms with Crippen molar-refractivity contribution in [1.82, 2.24) is 0 Å². The Morgan fingerprint density at radius 1 is 1.40 bits per heavy atom. The van der Waals surface area contributed by atoms with Crippen LogP contribution in [0.2, 0.25) is 0 Å². The van der Waals surface area contributed by atoms with Gasteiger partial charge in [0.05, 0.1) is 0 Å². The van der Waals surface area contributed by atoms with Crippen molar-refractivity contribution in [2.24, 2.45) is 0 Å². The molecule has 0 amide bonds. The molecule has 0 spiro atoms. The summed E-state index contributed by atoms with van der Waals surface area (Å²) in [6, 6.07) is 4.01. The van der Waals surface area contributed by atoms with Crippen molar-refractivity contribution in [1.29, 1.82) is 0 Å². The Kier molecular flexibility index (Phi) is 3.24. The second-order valence-electron chi connectivity index (χ2n) is 2.75. The first-order chi connectivity index (χ1) is 6.96. The van der Waals surface area contributed by atoms with E-state index in [0.29, 0.717) is 11.3 Å². The zero-order valence-electron chi connectivity index (χ0n) is 8.06. The van der Waals surface area contributed by atoms with E-state index in [1.54, 1.807) is 7.05 Å². The first-order valence-corrected chi connectivity index (χ1v) is 4.16. The summed E-state index contributed by atoms with van der Waals surface area (Å²) < 4.78 is 39.5. The van der Waals surface area contributed by atoms with E-state index in [4.69, 9.17) is 0 Å². The van der Waals surface area contributed by atoms with Crippen LogP contribution in [0.5, 0.6) is 5.75 Å². The highest BCUT2D eigenvalue weighted by Gasteiger charge is 2.31. The fourth-order valence-corrected chi connectivity index (χ4v) is 1.13. The summed E-state index contributed by atoms with van der Waals surface area (Å²) in [6.45, 7) is 3.50. The van der Waals surface area contributed by atoms with E-state index in [-0.39, 0.29) is 5.75 Å². The van der Waals surface area contributed by atoms with Crippen LogP contribution >= 0.6 is 0 Å². The molecule has 0 saturated carbocycles. The maximum absolute atomic E-state index is 11.9. The Morgan fingerprint density at radius 3 is 2.53 bits per heavy atom. The third kappa shape index (κ3) is 3.19. The molecule has 0 saturated heterocycles. The van der Waals surface area contributed by atoms with Crippen LogP contribution in [0.25, 0.3) is 6.08 Å². The summed E-state index contributed by atoms with van der Waals surface area (Å²) in [5, 5.41) is 2.83. The van der Waals surface area contributed by atoms with Crippen LogP contribution in [0.1, 0.15) is 5.56 Å². The van der Waals surface area contributed by atoms with Crippen LogP contribution in [0.4, 0.5) is 18.9 Å². The molecule has 0 fully saturated rings. The lowest BCUT2D eigenvalue weighted by Gasteiger charge is -2.11. The fourth-order valence-electron chi connectivity index (χ4n) is 1.13. The average molecular weight is 217 g/mol. The van der Waals surface area contributed by atoms with Crippen molar-refractivity contribution in [2.75, 3.05) is 12.4 Å². The molecule has 0 aromatic heterocycles. The van der Waals surface area contributed by atoms with Crippen LogP contribution in [0.15, 0.2) is 24.8 Å². The van der Waals surface area contributed by atoms with E-state index < -0.39 is 6.36 Å². The van der Waals surface area contributed by atoms with Gasteiger partial charge in [0.25, 0.3) is 0 Å². The zero-order chi connectivity index (χ0) is 11.5. The quantitative estimate of drug-likeness (QED) is 0.838. The van der Waals surface area contributed by atoms with E-state index in [0.717, 1.165) is 0 Å². The molecule has 2 nitrogen and oxygen atoms in total. The zero-order valence-corrected chi connectivity index (χ0v) is 8.06. The highest BCUT2D eigenvalue weighted by atomic mass is 19.4. The number of benzene rings is 1. The molecule has 0 atom stereocenters. The van der Waals surface area contributed by atoms with E-state index in [9.17, 15) is 13.2 Å². The predicted molar refractivity (Wildman–Crippen MR) is 52.8 cm³/mol. The van der Waals surface area contributed by atoms with Crippen molar-refractivity contribution in [3.63, 3.8) is 0 Å². The van der Waals surface area contributed by atoms with E-state index in [2.05, 4.69) is 16.6 Å². The van der Waals surface area contributed by atoms with Gasteiger partial charge in [0.1, 0.15) is 5.75 Å². The third-order valence-corrected chi connectivity index (χ3v) is 1.75. The van der Waals surface area contributed by atoms with Crippen LogP contribution in [0, 0.1) is 0 Å². The van der Waals surface area contributed by atoms with Gasteiger partial charge in [0, 0.05) is 18.3 Å². The molecule has 1 aromatic carbocycles. The molecule has 15 heavy (non-hydrogen) atoms. The SMILES string of the molecule is C=Cc1cc(OC(F)(F)F)ccc1NC. The predicted octanol–water partition coefficient (Wildman–Crippen LogP) is 3.27. The van der Waals surface area contributed by atoms with Gasteiger partial charge in [0.2, 0.25) is 0 Å². The number of anilines is 1. The first kappa shape index (κ1) is 11.4. The fraction of sp³-hybridized carbons (Fsp3) is 0.200. The number of alkyl halides is 3. The van der Waals surface area contributed by atoms with Gasteiger partial charge in [-0.3, -0.25) is 0 Å². The molecule has 82 valence electrons. The Balaban J connectivity index is 2.98. The number of ether oxygens (including phenoxy) is 1. The van der Waals surface area contributed by atoms with Crippen molar-refractivity contribution in [3.8, 4) is 5.75 Å². The molecular weight excluding hydrogens is 207 g/mol. The Labute approximate surface area is 85.4 Å². The topological polar surface area (TPSA) is 21.3 Å². The van der Waals surface area contributed by atoms with E-state index in [1.165, 1.54) is 24.3 Å². The lowest BCUT2D eigenvalue weighted by Crippen LogP contribution is -2.17. The molecule has 0 aliphatic carbocycles. The number of hydrogen-bond donors (Lipinski definition) is 1. The Hall–Kier alpha value is -1.65. The molecule has 0 heterocycles. The summed E-state index contributed by atoms with van der Waals surface area (Å²) >= 11 is 0. The van der Waals surface area contributed by atoms with Crippen molar-refractivity contribution in [2.45, 2.75) is 6.36 Å². The summed E-state index contributed by atoms with van der Waals surface area (Å²) in [5.74, 6) is -0.253. The molecule has 5 heteroatoms. The molecule has 0 aliphatic rings. The highest BCUT2D eigenvalue weighted by molar-refractivity contribution is 5.67. The number of halogens is 3. The normalized spacial score (nSPS) is 10.9. The van der Waals surface area contributed by atoms with Crippen LogP contribution in [0.3, 0.4) is 0 Å². The number of rotatable bonds is 3. The van der Waals surface area contributed by atoms with Gasteiger partial charge in [-0.1, -0.05) is 12.7 Å². The van der Waals surface area contributed by atoms with E-state index in [1.807, 2.05) is 0 Å². The molecule has 0 aliphatic heterocycles. The maximum Gasteiger partial charge on any atom is 0.573 e. The number of nitrogens with one attached hydrogen (secondary N) is 1. The van der Waals surface area contributed by atoms with Crippen LogP contribution in [-0.2, 0) is 0 Å². The van der Waals surface area contributed by atoms with Crippen molar-refractivity contribution in [3.05, 3.63) is 30.3 Å². The Morgan fingerprint density at radius 2 is 2.07 bits per heavy atom. The van der Waals surface area contributed by atoms with Gasteiger partial charge in [-0.05, 0) is 18.2 Å². The molecule has 1 N–H and O–H groups in total. The maximum atomic E-state index is 11.9. The van der Waals surface area contributed by atoms with Gasteiger partial charge in [0.15, 0.2) is 0 Å².